The molecule has 0 saturated heterocycles. The first-order chi connectivity index (χ1) is 7.36. The van der Waals surface area contributed by atoms with Crippen molar-refractivity contribution in [2.24, 2.45) is 0 Å². The SMILES string of the molecule is CCCCc1ccc(C#CCNC)cc1. The van der Waals surface area contributed by atoms with E-state index in [1.54, 1.807) is 0 Å². The molecule has 0 amide bonds. The lowest BCUT2D eigenvalue weighted by Gasteiger charge is -1.99. The quantitative estimate of drug-likeness (QED) is 0.738. The van der Waals surface area contributed by atoms with Gasteiger partial charge in [-0.05, 0) is 37.6 Å². The minimum atomic E-state index is 0.748. The van der Waals surface area contributed by atoms with Gasteiger partial charge in [-0.1, -0.05) is 37.3 Å². The summed E-state index contributed by atoms with van der Waals surface area (Å²) in [4.78, 5) is 0. The Morgan fingerprint density at radius 2 is 1.93 bits per heavy atom. The molecule has 0 atom stereocenters. The van der Waals surface area contributed by atoms with E-state index in [-0.39, 0.29) is 0 Å². The third-order valence-corrected chi connectivity index (χ3v) is 2.27. The molecule has 0 aromatic heterocycles. The van der Waals surface area contributed by atoms with Gasteiger partial charge in [0.15, 0.2) is 0 Å². The summed E-state index contributed by atoms with van der Waals surface area (Å²) in [5.41, 5.74) is 2.52. The molecule has 1 aromatic carbocycles. The van der Waals surface area contributed by atoms with Gasteiger partial charge in [-0.3, -0.25) is 0 Å². The van der Waals surface area contributed by atoms with Gasteiger partial charge in [0.2, 0.25) is 0 Å². The molecule has 80 valence electrons. The van der Waals surface area contributed by atoms with Crippen molar-refractivity contribution in [1.82, 2.24) is 5.32 Å². The number of rotatable bonds is 4. The average molecular weight is 201 g/mol. The smallest absolute Gasteiger partial charge is 0.0577 e. The number of aryl methyl sites for hydroxylation is 1. The van der Waals surface area contributed by atoms with Gasteiger partial charge in [0.1, 0.15) is 0 Å². The number of nitrogens with one attached hydrogen (secondary N) is 1. The van der Waals surface area contributed by atoms with Gasteiger partial charge >= 0.3 is 0 Å². The molecular formula is C14H19N. The Labute approximate surface area is 92.9 Å². The summed E-state index contributed by atoms with van der Waals surface area (Å²) in [5.74, 6) is 6.17. The van der Waals surface area contributed by atoms with Crippen LogP contribution in [0.2, 0.25) is 0 Å². The molecular weight excluding hydrogens is 182 g/mol. The van der Waals surface area contributed by atoms with Crippen molar-refractivity contribution in [3.8, 4) is 11.8 Å². The number of hydrogen-bond acceptors (Lipinski definition) is 1. The molecule has 1 heteroatoms. The second-order valence-corrected chi connectivity index (χ2v) is 3.63. The highest BCUT2D eigenvalue weighted by Crippen LogP contribution is 2.06. The average Bonchev–Trinajstić information content (AvgIpc) is 2.28. The van der Waals surface area contributed by atoms with Gasteiger partial charge in [0.05, 0.1) is 6.54 Å². The van der Waals surface area contributed by atoms with Crippen LogP contribution in [0.1, 0.15) is 30.9 Å². The molecule has 0 bridgehead atoms. The molecule has 0 unspecified atom stereocenters. The molecule has 0 aliphatic heterocycles. The van der Waals surface area contributed by atoms with E-state index in [1.165, 1.54) is 24.8 Å². The minimum Gasteiger partial charge on any atom is -0.309 e. The van der Waals surface area contributed by atoms with Crippen molar-refractivity contribution < 1.29 is 0 Å². The van der Waals surface area contributed by atoms with Crippen molar-refractivity contribution >= 4 is 0 Å². The minimum absolute atomic E-state index is 0.748. The van der Waals surface area contributed by atoms with Gasteiger partial charge in [-0.2, -0.15) is 0 Å². The van der Waals surface area contributed by atoms with Crippen LogP contribution in [-0.2, 0) is 6.42 Å². The Balaban J connectivity index is 2.53. The predicted molar refractivity (Wildman–Crippen MR) is 65.9 cm³/mol. The molecule has 1 rings (SSSR count). The van der Waals surface area contributed by atoms with Gasteiger partial charge in [-0.25, -0.2) is 0 Å². The van der Waals surface area contributed by atoms with Gasteiger partial charge < -0.3 is 5.32 Å². The van der Waals surface area contributed by atoms with E-state index < -0.39 is 0 Å². The normalized spacial score (nSPS) is 9.47. The first-order valence-electron chi connectivity index (χ1n) is 5.59. The Kier molecular flexibility index (Phi) is 5.58. The van der Waals surface area contributed by atoms with Gasteiger partial charge in [0, 0.05) is 5.56 Å². The lowest BCUT2D eigenvalue weighted by Crippen LogP contribution is -2.04. The van der Waals surface area contributed by atoms with E-state index in [2.05, 4.69) is 48.3 Å². The van der Waals surface area contributed by atoms with Gasteiger partial charge in [-0.15, -0.1) is 0 Å². The van der Waals surface area contributed by atoms with E-state index in [0.717, 1.165) is 12.1 Å². The second kappa shape index (κ2) is 7.09. The first kappa shape index (κ1) is 11.8. The van der Waals surface area contributed by atoms with Crippen molar-refractivity contribution in [2.75, 3.05) is 13.6 Å². The maximum Gasteiger partial charge on any atom is 0.0577 e. The molecule has 1 N–H and O–H groups in total. The van der Waals surface area contributed by atoms with Crippen LogP contribution < -0.4 is 5.32 Å². The van der Waals surface area contributed by atoms with Crippen LogP contribution in [0.15, 0.2) is 24.3 Å². The Morgan fingerprint density at radius 3 is 2.53 bits per heavy atom. The zero-order valence-corrected chi connectivity index (χ0v) is 9.64. The summed E-state index contributed by atoms with van der Waals surface area (Å²) in [7, 11) is 1.91. The molecule has 15 heavy (non-hydrogen) atoms. The van der Waals surface area contributed by atoms with Crippen molar-refractivity contribution in [1.29, 1.82) is 0 Å². The maximum absolute atomic E-state index is 3.12. The van der Waals surface area contributed by atoms with Crippen LogP contribution >= 0.6 is 0 Å². The fourth-order valence-corrected chi connectivity index (χ4v) is 1.37. The fraction of sp³-hybridized carbons (Fsp3) is 0.429. The zero-order chi connectivity index (χ0) is 10.9. The van der Waals surface area contributed by atoms with E-state index in [0.29, 0.717) is 0 Å². The topological polar surface area (TPSA) is 12.0 Å². The van der Waals surface area contributed by atoms with Crippen molar-refractivity contribution in [3.63, 3.8) is 0 Å². The van der Waals surface area contributed by atoms with Crippen LogP contribution in [-0.4, -0.2) is 13.6 Å². The van der Waals surface area contributed by atoms with Crippen LogP contribution in [0.4, 0.5) is 0 Å². The van der Waals surface area contributed by atoms with Crippen LogP contribution in [0.3, 0.4) is 0 Å². The highest BCUT2D eigenvalue weighted by atomic mass is 14.8. The summed E-state index contributed by atoms with van der Waals surface area (Å²) in [6.45, 7) is 2.97. The van der Waals surface area contributed by atoms with E-state index >= 15 is 0 Å². The van der Waals surface area contributed by atoms with Crippen LogP contribution in [0.25, 0.3) is 0 Å². The van der Waals surface area contributed by atoms with E-state index in [9.17, 15) is 0 Å². The summed E-state index contributed by atoms with van der Waals surface area (Å²) < 4.78 is 0. The molecule has 0 spiro atoms. The lowest BCUT2D eigenvalue weighted by molar-refractivity contribution is 0.795. The van der Waals surface area contributed by atoms with Crippen molar-refractivity contribution in [3.05, 3.63) is 35.4 Å². The molecule has 0 heterocycles. The fourth-order valence-electron chi connectivity index (χ4n) is 1.37. The third kappa shape index (κ3) is 4.67. The molecule has 1 aromatic rings. The Hall–Kier alpha value is -1.26. The number of benzene rings is 1. The van der Waals surface area contributed by atoms with E-state index in [4.69, 9.17) is 0 Å². The summed E-state index contributed by atoms with van der Waals surface area (Å²) >= 11 is 0. The zero-order valence-electron chi connectivity index (χ0n) is 9.64. The standard InChI is InChI=1S/C14H19N/c1-3-4-6-13-8-10-14(11-9-13)7-5-12-15-2/h8-11,15H,3-4,6,12H2,1-2H3. The summed E-state index contributed by atoms with van der Waals surface area (Å²) in [6, 6.07) is 8.57. The monoisotopic (exact) mass is 201 g/mol. The number of hydrogen-bond donors (Lipinski definition) is 1. The molecule has 0 saturated carbocycles. The number of unbranched alkanes of at least 4 members (excludes halogenated alkanes) is 1. The third-order valence-electron chi connectivity index (χ3n) is 2.27. The predicted octanol–water partition coefficient (Wildman–Crippen LogP) is 2.60. The van der Waals surface area contributed by atoms with Crippen molar-refractivity contribution in [2.45, 2.75) is 26.2 Å². The maximum atomic E-state index is 3.12. The molecule has 0 radical (unpaired) electrons. The Morgan fingerprint density at radius 1 is 1.20 bits per heavy atom. The Bertz CT molecular complexity index is 327. The van der Waals surface area contributed by atoms with E-state index in [1.807, 2.05) is 7.05 Å². The second-order valence-electron chi connectivity index (χ2n) is 3.63. The lowest BCUT2D eigenvalue weighted by atomic mass is 10.1. The van der Waals surface area contributed by atoms with Crippen LogP contribution in [0.5, 0.6) is 0 Å². The summed E-state index contributed by atoms with van der Waals surface area (Å²) in [5, 5.41) is 3.00. The highest BCUT2D eigenvalue weighted by Gasteiger charge is 1.91. The summed E-state index contributed by atoms with van der Waals surface area (Å²) in [6.07, 6.45) is 3.70. The molecule has 1 nitrogen and oxygen atoms in total. The first-order valence-corrected chi connectivity index (χ1v) is 5.59. The molecule has 0 fully saturated rings. The molecule has 0 aliphatic carbocycles. The molecule has 0 aliphatic rings. The van der Waals surface area contributed by atoms with Crippen LogP contribution in [0, 0.1) is 11.8 Å². The largest absolute Gasteiger partial charge is 0.309 e. The van der Waals surface area contributed by atoms with Gasteiger partial charge in [0.25, 0.3) is 0 Å². The highest BCUT2D eigenvalue weighted by molar-refractivity contribution is 5.36.